The van der Waals surface area contributed by atoms with Crippen molar-refractivity contribution in [1.29, 1.82) is 0 Å². The van der Waals surface area contributed by atoms with Gasteiger partial charge in [0.2, 0.25) is 0 Å². The molecule has 3 N–H and O–H groups in total. The minimum absolute atomic E-state index is 0.172. The highest BCUT2D eigenvalue weighted by molar-refractivity contribution is 5.59. The standard InChI is InChI=1S/C16H26N2O/c1-11(2)19-16-8-14(17)7-15(9-16)18-10-13-5-4-12(3)6-13/h7-9,11-13,18H,4-6,10,17H2,1-3H3. The first-order valence-electron chi connectivity index (χ1n) is 7.34. The Morgan fingerprint density at radius 1 is 1.32 bits per heavy atom. The Morgan fingerprint density at radius 2 is 2.11 bits per heavy atom. The van der Waals surface area contributed by atoms with Gasteiger partial charge >= 0.3 is 0 Å². The van der Waals surface area contributed by atoms with Gasteiger partial charge in [0.1, 0.15) is 5.75 Å². The summed E-state index contributed by atoms with van der Waals surface area (Å²) in [5.41, 5.74) is 7.74. The number of rotatable bonds is 5. The van der Waals surface area contributed by atoms with Crippen molar-refractivity contribution in [2.24, 2.45) is 11.8 Å². The summed E-state index contributed by atoms with van der Waals surface area (Å²) in [6, 6.07) is 5.89. The molecular formula is C16H26N2O. The molecule has 0 spiro atoms. The molecule has 2 rings (SSSR count). The van der Waals surface area contributed by atoms with E-state index >= 15 is 0 Å². The highest BCUT2D eigenvalue weighted by Crippen LogP contribution is 2.31. The molecule has 2 unspecified atom stereocenters. The topological polar surface area (TPSA) is 47.3 Å². The van der Waals surface area contributed by atoms with Crippen molar-refractivity contribution < 1.29 is 4.74 Å². The van der Waals surface area contributed by atoms with Gasteiger partial charge < -0.3 is 15.8 Å². The average molecular weight is 262 g/mol. The summed E-state index contributed by atoms with van der Waals surface area (Å²) in [6.45, 7) is 7.43. The number of hydrogen-bond acceptors (Lipinski definition) is 3. The first kappa shape index (κ1) is 14.0. The van der Waals surface area contributed by atoms with Crippen LogP contribution < -0.4 is 15.8 Å². The van der Waals surface area contributed by atoms with Gasteiger partial charge in [-0.3, -0.25) is 0 Å². The van der Waals surface area contributed by atoms with Crippen LogP contribution in [0.2, 0.25) is 0 Å². The van der Waals surface area contributed by atoms with E-state index < -0.39 is 0 Å². The zero-order valence-corrected chi connectivity index (χ0v) is 12.3. The third-order valence-electron chi connectivity index (χ3n) is 3.70. The molecule has 2 atom stereocenters. The fraction of sp³-hybridized carbons (Fsp3) is 0.625. The van der Waals surface area contributed by atoms with Gasteiger partial charge in [0.25, 0.3) is 0 Å². The molecule has 3 nitrogen and oxygen atoms in total. The first-order valence-corrected chi connectivity index (χ1v) is 7.34. The lowest BCUT2D eigenvalue weighted by molar-refractivity contribution is 0.242. The molecule has 0 amide bonds. The van der Waals surface area contributed by atoms with Crippen LogP contribution in [0.15, 0.2) is 18.2 Å². The lowest BCUT2D eigenvalue weighted by Gasteiger charge is -2.15. The van der Waals surface area contributed by atoms with Gasteiger partial charge in [0.05, 0.1) is 6.10 Å². The maximum absolute atomic E-state index is 5.92. The number of nitrogens with two attached hydrogens (primary N) is 1. The second-order valence-electron chi connectivity index (χ2n) is 6.12. The summed E-state index contributed by atoms with van der Waals surface area (Å²) >= 11 is 0. The van der Waals surface area contributed by atoms with Crippen molar-refractivity contribution in [3.05, 3.63) is 18.2 Å². The predicted octanol–water partition coefficient (Wildman–Crippen LogP) is 3.90. The number of hydrogen-bond donors (Lipinski definition) is 2. The number of benzene rings is 1. The Bertz CT molecular complexity index is 417. The minimum Gasteiger partial charge on any atom is -0.491 e. The van der Waals surface area contributed by atoms with Gasteiger partial charge in [0, 0.05) is 30.1 Å². The molecule has 0 heterocycles. The second kappa shape index (κ2) is 6.18. The van der Waals surface area contributed by atoms with Crippen molar-refractivity contribution in [2.45, 2.75) is 46.1 Å². The molecule has 0 saturated heterocycles. The number of nitrogens with one attached hydrogen (secondary N) is 1. The molecule has 0 bridgehead atoms. The third-order valence-corrected chi connectivity index (χ3v) is 3.70. The molecular weight excluding hydrogens is 236 g/mol. The van der Waals surface area contributed by atoms with E-state index in [-0.39, 0.29) is 6.10 Å². The second-order valence-corrected chi connectivity index (χ2v) is 6.12. The molecule has 1 aliphatic carbocycles. The van der Waals surface area contributed by atoms with Crippen LogP contribution in [0.1, 0.15) is 40.0 Å². The van der Waals surface area contributed by atoms with Crippen molar-refractivity contribution in [3.8, 4) is 5.75 Å². The van der Waals surface area contributed by atoms with Crippen molar-refractivity contribution in [3.63, 3.8) is 0 Å². The van der Waals surface area contributed by atoms with Crippen LogP contribution in [0.4, 0.5) is 11.4 Å². The molecule has 1 fully saturated rings. The molecule has 0 aliphatic heterocycles. The molecule has 1 aromatic rings. The monoisotopic (exact) mass is 262 g/mol. The van der Waals surface area contributed by atoms with Crippen LogP contribution in [0.3, 0.4) is 0 Å². The normalized spacial score (nSPS) is 22.7. The zero-order valence-electron chi connectivity index (χ0n) is 12.3. The van der Waals surface area contributed by atoms with Gasteiger partial charge in [0.15, 0.2) is 0 Å². The summed E-state index contributed by atoms with van der Waals surface area (Å²) < 4.78 is 5.70. The van der Waals surface area contributed by atoms with E-state index in [4.69, 9.17) is 10.5 Å². The van der Waals surface area contributed by atoms with E-state index in [2.05, 4.69) is 12.2 Å². The summed E-state index contributed by atoms with van der Waals surface area (Å²) in [5, 5.41) is 3.50. The number of nitrogen functional groups attached to an aromatic ring is 1. The van der Waals surface area contributed by atoms with E-state index in [0.29, 0.717) is 0 Å². The van der Waals surface area contributed by atoms with E-state index in [1.807, 2.05) is 32.0 Å². The molecule has 3 heteroatoms. The Morgan fingerprint density at radius 3 is 2.74 bits per heavy atom. The van der Waals surface area contributed by atoms with Crippen LogP contribution in [-0.2, 0) is 0 Å². The molecule has 19 heavy (non-hydrogen) atoms. The van der Waals surface area contributed by atoms with Gasteiger partial charge in [-0.2, -0.15) is 0 Å². The lowest BCUT2D eigenvalue weighted by atomic mass is 10.1. The molecule has 1 saturated carbocycles. The van der Waals surface area contributed by atoms with Crippen LogP contribution in [-0.4, -0.2) is 12.6 Å². The molecule has 106 valence electrons. The third kappa shape index (κ3) is 4.34. The molecule has 0 radical (unpaired) electrons. The average Bonchev–Trinajstić information content (AvgIpc) is 2.71. The first-order chi connectivity index (χ1) is 9.02. The zero-order chi connectivity index (χ0) is 13.8. The van der Waals surface area contributed by atoms with Gasteiger partial charge in [-0.15, -0.1) is 0 Å². The van der Waals surface area contributed by atoms with Crippen molar-refractivity contribution >= 4 is 11.4 Å². The van der Waals surface area contributed by atoms with Gasteiger partial charge in [-0.05, 0) is 44.6 Å². The summed E-state index contributed by atoms with van der Waals surface area (Å²) in [4.78, 5) is 0. The Labute approximate surface area is 116 Å². The minimum atomic E-state index is 0.172. The molecule has 1 aliphatic rings. The van der Waals surface area contributed by atoms with E-state index in [1.165, 1.54) is 19.3 Å². The summed E-state index contributed by atoms with van der Waals surface area (Å²) in [6.07, 6.45) is 4.21. The fourth-order valence-electron chi connectivity index (χ4n) is 2.84. The van der Waals surface area contributed by atoms with E-state index in [1.54, 1.807) is 0 Å². The lowest BCUT2D eigenvalue weighted by Crippen LogP contribution is -2.12. The Kier molecular flexibility index (Phi) is 4.56. The summed E-state index contributed by atoms with van der Waals surface area (Å²) in [7, 11) is 0. The maximum Gasteiger partial charge on any atom is 0.123 e. The maximum atomic E-state index is 5.92. The highest BCUT2D eigenvalue weighted by atomic mass is 16.5. The Hall–Kier alpha value is -1.38. The van der Waals surface area contributed by atoms with Crippen LogP contribution >= 0.6 is 0 Å². The quantitative estimate of drug-likeness (QED) is 0.791. The van der Waals surface area contributed by atoms with Gasteiger partial charge in [-0.25, -0.2) is 0 Å². The number of anilines is 2. The van der Waals surface area contributed by atoms with Crippen LogP contribution in [0.25, 0.3) is 0 Å². The van der Waals surface area contributed by atoms with Crippen LogP contribution in [0.5, 0.6) is 5.75 Å². The van der Waals surface area contributed by atoms with Crippen molar-refractivity contribution in [2.75, 3.05) is 17.6 Å². The van der Waals surface area contributed by atoms with Gasteiger partial charge in [-0.1, -0.05) is 13.3 Å². The summed E-state index contributed by atoms with van der Waals surface area (Å²) in [5.74, 6) is 2.52. The molecule has 1 aromatic carbocycles. The molecule has 0 aromatic heterocycles. The van der Waals surface area contributed by atoms with E-state index in [9.17, 15) is 0 Å². The Balaban J connectivity index is 1.94. The van der Waals surface area contributed by atoms with Crippen molar-refractivity contribution in [1.82, 2.24) is 0 Å². The largest absolute Gasteiger partial charge is 0.491 e. The highest BCUT2D eigenvalue weighted by Gasteiger charge is 2.20. The SMILES string of the molecule is CC1CCC(CNc2cc(N)cc(OC(C)C)c2)C1. The number of ether oxygens (including phenoxy) is 1. The smallest absolute Gasteiger partial charge is 0.123 e. The van der Waals surface area contributed by atoms with Crippen LogP contribution in [0, 0.1) is 11.8 Å². The predicted molar refractivity (Wildman–Crippen MR) is 81.6 cm³/mol. The fourth-order valence-corrected chi connectivity index (χ4v) is 2.84. The van der Waals surface area contributed by atoms with E-state index in [0.717, 1.165) is 35.5 Å².